The lowest BCUT2D eigenvalue weighted by Gasteiger charge is -2.13. The summed E-state index contributed by atoms with van der Waals surface area (Å²) in [6.45, 7) is 0.831. The van der Waals surface area contributed by atoms with Gasteiger partial charge in [0.05, 0.1) is 17.7 Å². The number of ether oxygens (including phenoxy) is 2. The molecule has 9 nitrogen and oxygen atoms in total. The zero-order valence-electron chi connectivity index (χ0n) is 21.6. The number of benzene rings is 3. The standard InChI is InChI=1S/C28H22F3N3O6S/c1-15-4-3-5-17(10-15)32-24(36)14-40-20-9-6-16(11-21(20)39-2)12-22-27(37)34(28(38)41-22)13-23(35)33-19-8-7-18(29)25(30)26(19)31/h3-12H,13-14H2,1-2H3,(H,32,36)(H,33,35)/b22-12+. The van der Waals surface area contributed by atoms with Gasteiger partial charge in [0.2, 0.25) is 5.91 Å². The van der Waals surface area contributed by atoms with Gasteiger partial charge >= 0.3 is 0 Å². The van der Waals surface area contributed by atoms with E-state index in [-0.39, 0.29) is 28.9 Å². The minimum Gasteiger partial charge on any atom is -0.493 e. The number of carbonyl (C=O) groups is 4. The van der Waals surface area contributed by atoms with Crippen LogP contribution < -0.4 is 20.1 Å². The quantitative estimate of drug-likeness (QED) is 0.265. The highest BCUT2D eigenvalue weighted by molar-refractivity contribution is 8.18. The van der Waals surface area contributed by atoms with E-state index in [0.29, 0.717) is 34.0 Å². The van der Waals surface area contributed by atoms with Crippen LogP contribution in [0.2, 0.25) is 0 Å². The van der Waals surface area contributed by atoms with Crippen LogP contribution in [-0.2, 0) is 14.4 Å². The van der Waals surface area contributed by atoms with Crippen LogP contribution in [0.4, 0.5) is 29.3 Å². The smallest absolute Gasteiger partial charge is 0.294 e. The first kappa shape index (κ1) is 29.2. The first-order valence-electron chi connectivity index (χ1n) is 11.9. The lowest BCUT2D eigenvalue weighted by atomic mass is 10.2. The topological polar surface area (TPSA) is 114 Å². The summed E-state index contributed by atoms with van der Waals surface area (Å²) < 4.78 is 51.3. The Balaban J connectivity index is 1.39. The van der Waals surface area contributed by atoms with Crippen molar-refractivity contribution in [2.45, 2.75) is 6.92 Å². The number of nitrogens with one attached hydrogen (secondary N) is 2. The molecule has 212 valence electrons. The molecule has 2 N–H and O–H groups in total. The second-order valence-corrected chi connectivity index (χ2v) is 9.65. The van der Waals surface area contributed by atoms with Gasteiger partial charge in [-0.25, -0.2) is 13.2 Å². The average Bonchev–Trinajstić information content (AvgIpc) is 3.19. The molecule has 0 bridgehead atoms. The van der Waals surface area contributed by atoms with Gasteiger partial charge in [-0.15, -0.1) is 0 Å². The van der Waals surface area contributed by atoms with Crippen molar-refractivity contribution in [2.24, 2.45) is 0 Å². The molecule has 3 aromatic carbocycles. The van der Waals surface area contributed by atoms with Gasteiger partial charge in [0, 0.05) is 5.69 Å². The van der Waals surface area contributed by atoms with Crippen molar-refractivity contribution in [3.63, 3.8) is 0 Å². The first-order valence-corrected chi connectivity index (χ1v) is 12.7. The lowest BCUT2D eigenvalue weighted by molar-refractivity contribution is -0.127. The van der Waals surface area contributed by atoms with E-state index in [9.17, 15) is 32.3 Å². The molecular weight excluding hydrogens is 563 g/mol. The summed E-state index contributed by atoms with van der Waals surface area (Å²) in [4.78, 5) is 50.4. The summed E-state index contributed by atoms with van der Waals surface area (Å²) in [5.74, 6) is -6.45. The van der Waals surface area contributed by atoms with Crippen LogP contribution >= 0.6 is 11.8 Å². The fraction of sp³-hybridized carbons (Fsp3) is 0.143. The fourth-order valence-corrected chi connectivity index (χ4v) is 4.54. The van der Waals surface area contributed by atoms with E-state index in [1.807, 2.05) is 30.4 Å². The van der Waals surface area contributed by atoms with Crippen molar-refractivity contribution in [3.05, 3.63) is 88.1 Å². The second-order valence-electron chi connectivity index (χ2n) is 8.66. The maximum absolute atomic E-state index is 13.8. The van der Waals surface area contributed by atoms with Gasteiger partial charge in [-0.3, -0.25) is 24.1 Å². The van der Waals surface area contributed by atoms with Crippen LogP contribution in [0.15, 0.2) is 59.5 Å². The molecule has 1 heterocycles. The number of halogens is 3. The van der Waals surface area contributed by atoms with E-state index < -0.39 is 46.7 Å². The Morgan fingerprint density at radius 2 is 1.73 bits per heavy atom. The summed E-state index contributed by atoms with van der Waals surface area (Å²) in [5.41, 5.74) is 1.43. The molecule has 41 heavy (non-hydrogen) atoms. The third-order valence-corrected chi connectivity index (χ3v) is 6.54. The molecule has 4 amide bonds. The number of hydrogen-bond donors (Lipinski definition) is 2. The number of carbonyl (C=O) groups excluding carboxylic acids is 4. The summed E-state index contributed by atoms with van der Waals surface area (Å²) in [6.07, 6.45) is 1.40. The van der Waals surface area contributed by atoms with E-state index in [2.05, 4.69) is 5.32 Å². The van der Waals surface area contributed by atoms with E-state index in [1.54, 1.807) is 12.1 Å². The molecule has 3 aromatic rings. The van der Waals surface area contributed by atoms with Crippen molar-refractivity contribution in [1.29, 1.82) is 0 Å². The van der Waals surface area contributed by atoms with E-state index in [0.717, 1.165) is 11.6 Å². The molecule has 1 aliphatic heterocycles. The molecule has 0 radical (unpaired) electrons. The van der Waals surface area contributed by atoms with Gasteiger partial charge in [-0.1, -0.05) is 18.2 Å². The predicted molar refractivity (Wildman–Crippen MR) is 146 cm³/mol. The van der Waals surface area contributed by atoms with Crippen molar-refractivity contribution in [3.8, 4) is 11.5 Å². The third kappa shape index (κ3) is 7.06. The van der Waals surface area contributed by atoms with E-state index in [4.69, 9.17) is 9.47 Å². The van der Waals surface area contributed by atoms with Gasteiger partial charge in [0.25, 0.3) is 17.1 Å². The molecule has 1 aliphatic rings. The van der Waals surface area contributed by atoms with E-state index >= 15 is 0 Å². The van der Waals surface area contributed by atoms with Crippen LogP contribution in [0.1, 0.15) is 11.1 Å². The maximum Gasteiger partial charge on any atom is 0.294 e. The van der Waals surface area contributed by atoms with Crippen LogP contribution in [0.3, 0.4) is 0 Å². The van der Waals surface area contributed by atoms with Gasteiger partial charge in [0.1, 0.15) is 6.54 Å². The molecule has 0 saturated carbocycles. The van der Waals surface area contributed by atoms with Crippen LogP contribution in [0.25, 0.3) is 6.08 Å². The molecule has 0 aliphatic carbocycles. The number of amides is 4. The molecule has 0 atom stereocenters. The highest BCUT2D eigenvalue weighted by atomic mass is 32.2. The van der Waals surface area contributed by atoms with Gasteiger partial charge in [-0.2, -0.15) is 0 Å². The Morgan fingerprint density at radius 3 is 2.46 bits per heavy atom. The van der Waals surface area contributed by atoms with Gasteiger partial charge in [-0.05, 0) is 72.3 Å². The molecular formula is C28H22F3N3O6S. The van der Waals surface area contributed by atoms with E-state index in [1.165, 1.54) is 25.3 Å². The number of rotatable bonds is 9. The first-order chi connectivity index (χ1) is 19.5. The van der Waals surface area contributed by atoms with Crippen LogP contribution in [0.5, 0.6) is 11.5 Å². The Bertz CT molecular complexity index is 1580. The van der Waals surface area contributed by atoms with Crippen molar-refractivity contribution < 1.29 is 41.8 Å². The Hall–Kier alpha value is -4.78. The number of methoxy groups -OCH3 is 1. The number of anilines is 2. The average molecular weight is 586 g/mol. The zero-order chi connectivity index (χ0) is 29.7. The lowest BCUT2D eigenvalue weighted by Crippen LogP contribution is -2.36. The minimum atomic E-state index is -1.77. The molecule has 0 unspecified atom stereocenters. The van der Waals surface area contributed by atoms with Crippen molar-refractivity contribution >= 4 is 52.2 Å². The fourth-order valence-electron chi connectivity index (χ4n) is 3.70. The molecule has 4 rings (SSSR count). The monoisotopic (exact) mass is 585 g/mol. The van der Waals surface area contributed by atoms with Gasteiger partial charge < -0.3 is 20.1 Å². The molecule has 1 fully saturated rings. The number of nitrogens with zero attached hydrogens (tertiary/aromatic N) is 1. The number of thioether (sulfide) groups is 1. The highest BCUT2D eigenvalue weighted by Crippen LogP contribution is 2.34. The second kappa shape index (κ2) is 12.6. The van der Waals surface area contributed by atoms with Gasteiger partial charge in [0.15, 0.2) is 35.6 Å². The SMILES string of the molecule is COc1cc(/C=C2/SC(=O)N(CC(=O)Nc3ccc(F)c(F)c3F)C2=O)ccc1OCC(=O)Nc1cccc(C)c1. The minimum absolute atomic E-state index is 0.00457. The van der Waals surface area contributed by atoms with Crippen LogP contribution in [0, 0.1) is 24.4 Å². The Labute approximate surface area is 236 Å². The summed E-state index contributed by atoms with van der Waals surface area (Å²) >= 11 is 0.576. The maximum atomic E-state index is 13.8. The molecule has 0 spiro atoms. The molecule has 13 heteroatoms. The Kier molecular flexibility index (Phi) is 8.97. The summed E-state index contributed by atoms with van der Waals surface area (Å²) in [5, 5.41) is 3.99. The number of imide groups is 1. The molecule has 1 saturated heterocycles. The van der Waals surface area contributed by atoms with Crippen molar-refractivity contribution in [1.82, 2.24) is 4.90 Å². The number of aryl methyl sites for hydroxylation is 1. The summed E-state index contributed by atoms with van der Waals surface area (Å²) in [7, 11) is 1.39. The Morgan fingerprint density at radius 1 is 0.951 bits per heavy atom. The summed E-state index contributed by atoms with van der Waals surface area (Å²) in [6, 6.07) is 13.3. The van der Waals surface area contributed by atoms with Crippen LogP contribution in [-0.4, -0.2) is 48.1 Å². The normalized spacial score (nSPS) is 13.9. The largest absolute Gasteiger partial charge is 0.493 e. The highest BCUT2D eigenvalue weighted by Gasteiger charge is 2.36. The molecule has 0 aromatic heterocycles. The number of hydrogen-bond acceptors (Lipinski definition) is 7. The zero-order valence-corrected chi connectivity index (χ0v) is 22.4. The predicted octanol–water partition coefficient (Wildman–Crippen LogP) is 5.11. The third-order valence-electron chi connectivity index (χ3n) is 5.63. The van der Waals surface area contributed by atoms with Crippen molar-refractivity contribution in [2.75, 3.05) is 30.9 Å².